The topological polar surface area (TPSA) is 801 Å². The van der Waals surface area contributed by atoms with E-state index in [0.717, 1.165) is 31.6 Å². The third-order valence-electron chi connectivity index (χ3n) is 24.5. The summed E-state index contributed by atoms with van der Waals surface area (Å²) < 4.78 is 202. The van der Waals surface area contributed by atoms with Crippen LogP contribution in [0, 0.1) is 12.8 Å². The molecule has 69 heteroatoms. The molecule has 810 valence electrons. The van der Waals surface area contributed by atoms with Gasteiger partial charge in [0.1, 0.15) is 147 Å². The first kappa shape index (κ1) is 113. The number of fused-ring (bicyclic) bond motifs is 3. The number of anilines is 4. The molecule has 0 spiro atoms. The highest BCUT2D eigenvalue weighted by Gasteiger charge is 2.58. The van der Waals surface area contributed by atoms with Crippen LogP contribution in [0.5, 0.6) is 0 Å². The quantitative estimate of drug-likeness (QED) is 0.0105. The Hall–Kier alpha value is -7.39. The molecule has 61 nitrogen and oxygen atoms in total. The van der Waals surface area contributed by atoms with Crippen LogP contribution in [0.1, 0.15) is 76.9 Å². The Morgan fingerprint density at radius 1 is 0.479 bits per heavy atom. The highest BCUT2D eigenvalue weighted by atomic mass is 32.7. The number of phosphoric acid groups is 2. The van der Waals surface area contributed by atoms with Crippen LogP contribution in [0.2, 0.25) is 0 Å². The number of aliphatic hydroxyl groups excluding tert-OH is 1. The maximum atomic E-state index is 15.7. The molecule has 15 heterocycles. The van der Waals surface area contributed by atoms with Crippen LogP contribution in [-0.4, -0.2) is 346 Å². The molecule has 7 aromatic rings. The third-order valence-corrected chi connectivity index (χ3v) is 31.1. The van der Waals surface area contributed by atoms with Gasteiger partial charge in [0.25, 0.3) is 21.2 Å². The minimum atomic E-state index is -6.10. The van der Waals surface area contributed by atoms with E-state index in [1.165, 1.54) is 84.6 Å². The third kappa shape index (κ3) is 26.2. The molecular formula is C77H112N24O37P5S3-5. The number of methoxy groups -OCH3 is 5. The predicted octanol–water partition coefficient (Wildman–Crippen LogP) is -2.74. The molecule has 0 radical (unpaired) electrons. The van der Waals surface area contributed by atoms with E-state index in [0.29, 0.717) is 23.2 Å². The van der Waals surface area contributed by atoms with E-state index in [1.54, 1.807) is 25.3 Å². The van der Waals surface area contributed by atoms with E-state index in [4.69, 9.17) is 187 Å². The van der Waals surface area contributed by atoms with Gasteiger partial charge < -0.3 is 198 Å². The molecule has 6 saturated heterocycles. The lowest BCUT2D eigenvalue weighted by Crippen LogP contribution is -2.57. The Morgan fingerprint density at radius 2 is 0.918 bits per heavy atom. The fourth-order valence-electron chi connectivity index (χ4n) is 17.4. The number of nitrogen functional groups attached to an aromatic ring is 4. The molecule has 0 aromatic carbocycles. The fraction of sp³-hybridized carbons (Fsp3) is 0.675. The fourth-order valence-corrected chi connectivity index (χ4v) is 23.6. The summed E-state index contributed by atoms with van der Waals surface area (Å²) in [5, 5.41) is 17.0. The van der Waals surface area contributed by atoms with Crippen molar-refractivity contribution >= 4 is 141 Å². The lowest BCUT2D eigenvalue weighted by atomic mass is 9.94. The summed E-state index contributed by atoms with van der Waals surface area (Å²) >= 11 is 16.9. The lowest BCUT2D eigenvalue weighted by Gasteiger charge is -2.37. The average molecular weight is 2220 g/mol. The number of hydrogen-bond acceptors (Lipinski definition) is 55. The Labute approximate surface area is 846 Å². The highest BCUT2D eigenvalue weighted by Crippen LogP contribution is 2.57. The van der Waals surface area contributed by atoms with E-state index < -0.39 is 258 Å². The number of nitrogens with two attached hydrogens (primary N) is 6. The number of urea groups is 2. The van der Waals surface area contributed by atoms with Crippen molar-refractivity contribution in [2.45, 2.75) is 201 Å². The molecule has 0 bridgehead atoms. The molecule has 146 heavy (non-hydrogen) atoms. The van der Waals surface area contributed by atoms with Gasteiger partial charge >= 0.3 is 17.8 Å². The van der Waals surface area contributed by atoms with Gasteiger partial charge in [0.15, 0.2) is 65.8 Å². The molecule has 15 rings (SSSR count). The van der Waals surface area contributed by atoms with Gasteiger partial charge in [0.05, 0.1) is 123 Å². The van der Waals surface area contributed by atoms with E-state index in [1.807, 2.05) is 0 Å². The van der Waals surface area contributed by atoms with E-state index >= 15 is 28.4 Å². The number of H-pyrrole nitrogens is 1. The Kier molecular flexibility index (Phi) is 37.6. The summed E-state index contributed by atoms with van der Waals surface area (Å²) in [6, 6.07) is -1.54. The second-order valence-electron chi connectivity index (χ2n) is 34.2. The first-order chi connectivity index (χ1) is 69.6. The molecule has 12 unspecified atom stereocenters. The Morgan fingerprint density at radius 3 is 1.45 bits per heavy atom. The Balaban J connectivity index is 0.721. The van der Waals surface area contributed by atoms with Gasteiger partial charge in [-0.1, -0.05) is 30.5 Å². The van der Waals surface area contributed by atoms with Gasteiger partial charge in [-0.3, -0.25) is 51.5 Å². The lowest BCUT2D eigenvalue weighted by molar-refractivity contribution is -0.239. The average Bonchev–Trinajstić information content (AvgIpc) is 1.59. The highest BCUT2D eigenvalue weighted by molar-refractivity contribution is 8.32. The minimum absolute atomic E-state index is 0.0127. The number of imidazole rings is 3. The van der Waals surface area contributed by atoms with E-state index in [9.17, 15) is 29.2 Å². The number of nitrogens with one attached hydrogen (secondary N) is 3. The maximum absolute atomic E-state index is 15.7. The van der Waals surface area contributed by atoms with E-state index in [-0.39, 0.29) is 123 Å². The zero-order valence-corrected chi connectivity index (χ0v) is 86.5. The summed E-state index contributed by atoms with van der Waals surface area (Å²) in [5.74, 6) is -1.79. The number of ether oxygens (including phenoxy) is 15. The SMILES string of the molecule is CC[C@H]1O[C@@H](n2cnc3c(N)ncnc32)C[C@H]1OP([O-])(=S)OC[C@H]1O[C@@H](n2cc(C)c(N)nc2=O)C(OCCOC)[C@H]1OP(=O)([O-])OC[C@H]1O[C@@H](n2cnc3c(N)ncnc32)C(OCCOC)[C@H]1OP(=O)([S-])OC[C@H]1O[C@@H](n2cnc3c(=O)[nH]c(N)nc32)C(OCCOC)[C@H]1OP(=O)([O-])OC[C@H]1O[C@@H](N2C=C(C)C(N)NC2=O)C(CCCOC)[C@H]1OP([O-])(=S)OC[C@H]1O[C@@H](N2C=C(C)C(N)NC2=O)C(OCCOC)[C@H]1O. The second-order valence-corrected chi connectivity index (χ2v) is 45.0. The van der Waals surface area contributed by atoms with Crippen molar-refractivity contribution in [1.82, 2.24) is 88.5 Å². The standard InChI is InChI=1S/C77H117N24O37P5S3/c1-10-40-41(22-47(128-40)99-33-88-48-63(81)84-31-86-65(48)99)134-141(111,144)126-29-45-53(57(120-19-15-116-7)71(131-45)98-25-38(4)62(80)93-77(98)106)135-140(109,110)124-28-44-55(59(122-21-17-118-9)72(132-44)100-34-89-49-64(82)85-32-87-66(49)100)138-143(113,146)127-30-46-54(58(121-20-16-117-8)73(133-46)101-35-90-50-67(101)94-74(83)95-68(50)103)136-139(107,108)123-27-43-52(39(12-11-13-114-5)69(130-43)96-23-36(2)60(78)91-75(96)104)137-142(112,145)125-26-42-51(102)56(119-18-14-115-6)70(129-42)97-24-37(3)61(79)92-76(97)105/h23-25,31-35,39-47,51-61,69-73,102H,10-22,26-30,78-79H2,1-9H3,(H,91,104)(H,92,105)(H,107,108)(H,109,110)(H,111,144)(H,112,145)(H,113,146)(H2,80,93,106)(H2,81,84,86)(H2,82,85,87)(H3,83,94,95,103)/p-5/t39?,40-,41-,42-,43-,44-,45-,46-,47-,51+,52-,53+,54+,55+,56?,57?,58?,59?,60?,61?,69-,70-,71-,72-,73-,141?,142?,143?/m1/s1. The van der Waals surface area contributed by atoms with Crippen molar-refractivity contribution in [3.8, 4) is 0 Å². The van der Waals surface area contributed by atoms with Crippen molar-refractivity contribution in [1.29, 1.82) is 0 Å². The number of aryl methyl sites for hydroxylation is 1. The van der Waals surface area contributed by atoms with Crippen molar-refractivity contribution in [2.24, 2.45) is 17.4 Å². The summed E-state index contributed by atoms with van der Waals surface area (Å²) in [6.45, 7) is -15.5. The van der Waals surface area contributed by atoms with Crippen molar-refractivity contribution in [2.75, 3.05) is 151 Å². The molecule has 6 fully saturated rings. The number of aromatic amines is 1. The molecule has 0 aliphatic carbocycles. The molecule has 7 aromatic heterocycles. The van der Waals surface area contributed by atoms with Gasteiger partial charge in [0.2, 0.25) is 5.95 Å². The molecule has 0 saturated carbocycles. The van der Waals surface area contributed by atoms with Crippen LogP contribution in [0.15, 0.2) is 71.0 Å². The summed E-state index contributed by atoms with van der Waals surface area (Å²) in [4.78, 5) is 158. The molecule has 4 amide bonds. The van der Waals surface area contributed by atoms with Crippen molar-refractivity contribution in [3.63, 3.8) is 0 Å². The molecule has 30 atom stereocenters. The zero-order valence-electron chi connectivity index (χ0n) is 79.6. The van der Waals surface area contributed by atoms with Gasteiger partial charge in [-0.15, -0.1) is 0 Å². The number of phosphoric ester groups is 2. The summed E-state index contributed by atoms with van der Waals surface area (Å²) in [7, 11) is -5.35. The summed E-state index contributed by atoms with van der Waals surface area (Å²) in [6.07, 6.45) is -26.4. The van der Waals surface area contributed by atoms with Crippen molar-refractivity contribution in [3.05, 3.63) is 87.8 Å². The number of amides is 4. The number of carbonyl (C=O) groups is 2. The number of hydrogen-bond donors (Lipinski definition) is 10. The van der Waals surface area contributed by atoms with Crippen LogP contribution in [-0.2, 0) is 166 Å². The zero-order chi connectivity index (χ0) is 105. The maximum Gasteiger partial charge on any atom is 0.351 e. The monoisotopic (exact) mass is 2220 g/mol. The van der Waals surface area contributed by atoms with Crippen LogP contribution in [0.4, 0.5) is 33.0 Å². The molecular weight excluding hydrogens is 2100 g/mol. The molecule has 16 N–H and O–H groups in total. The Bertz CT molecular complexity index is 6170. The predicted molar refractivity (Wildman–Crippen MR) is 502 cm³/mol. The number of rotatable bonds is 52. The van der Waals surface area contributed by atoms with Crippen LogP contribution in [0.25, 0.3) is 33.5 Å². The normalized spacial score (nSPS) is 31.3. The smallest absolute Gasteiger partial charge is 0.351 e. The van der Waals surface area contributed by atoms with Crippen LogP contribution < -0.4 is 75.9 Å². The second kappa shape index (κ2) is 48.7. The first-order valence-electron chi connectivity index (χ1n) is 45.3. The van der Waals surface area contributed by atoms with Crippen LogP contribution in [0.3, 0.4) is 0 Å². The number of nitrogens with zero attached hydrogens (tertiary/aromatic N) is 15. The van der Waals surface area contributed by atoms with E-state index in [2.05, 4.69) is 60.5 Å². The van der Waals surface area contributed by atoms with Gasteiger partial charge in [-0.05, 0) is 51.2 Å². The van der Waals surface area contributed by atoms with Gasteiger partial charge in [0, 0.05) is 78.7 Å². The number of aromatic nitrogens is 14. The molecule has 8 aliphatic heterocycles. The largest absolute Gasteiger partial charge is 0.780 e. The van der Waals surface area contributed by atoms with Gasteiger partial charge in [-0.25, -0.2) is 49.3 Å². The molecule has 8 aliphatic rings. The first-order valence-corrected chi connectivity index (χ1v) is 55.9. The summed E-state index contributed by atoms with van der Waals surface area (Å²) in [5.41, 5.74) is 36.1. The van der Waals surface area contributed by atoms with Crippen LogP contribution >= 0.6 is 35.9 Å². The number of carbonyl (C=O) groups excluding carboxylic acids is 2. The van der Waals surface area contributed by atoms with Crippen molar-refractivity contribution < 1.29 is 164 Å². The van der Waals surface area contributed by atoms with Gasteiger partial charge in [-0.2, -0.15) is 9.97 Å². The minimum Gasteiger partial charge on any atom is -0.780 e. The number of aliphatic hydroxyl groups is 1.